The predicted octanol–water partition coefficient (Wildman–Crippen LogP) is 2.64. The molecule has 0 aliphatic carbocycles. The monoisotopic (exact) mass is 385 g/mol. The molecule has 0 atom stereocenters. The molecule has 3 aromatic rings. The van der Waals surface area contributed by atoms with Gasteiger partial charge in [0.15, 0.2) is 0 Å². The van der Waals surface area contributed by atoms with E-state index >= 15 is 0 Å². The van der Waals surface area contributed by atoms with Crippen molar-refractivity contribution in [2.75, 3.05) is 14.2 Å². The zero-order valence-corrected chi connectivity index (χ0v) is 15.7. The van der Waals surface area contributed by atoms with Crippen molar-refractivity contribution in [2.24, 2.45) is 0 Å². The molecule has 140 valence electrons. The van der Waals surface area contributed by atoms with Crippen LogP contribution >= 0.6 is 0 Å². The van der Waals surface area contributed by atoms with Gasteiger partial charge < -0.3 is 9.47 Å². The number of benzene rings is 2. The molecule has 0 saturated carbocycles. The number of ether oxygens (including phenoxy) is 2. The summed E-state index contributed by atoms with van der Waals surface area (Å²) in [6, 6.07) is 13.5. The molecule has 0 fully saturated rings. The minimum absolute atomic E-state index is 0.100. The maximum absolute atomic E-state index is 12.6. The topological polar surface area (TPSA) is 90.4 Å². The van der Waals surface area contributed by atoms with Crippen LogP contribution in [0.5, 0.6) is 11.5 Å². The minimum atomic E-state index is -3.67. The van der Waals surface area contributed by atoms with Crippen molar-refractivity contribution in [3.8, 4) is 22.8 Å². The second-order valence-electron chi connectivity index (χ2n) is 5.62. The highest BCUT2D eigenvalue weighted by molar-refractivity contribution is 7.89. The Bertz CT molecular complexity index is 1010. The first-order chi connectivity index (χ1) is 13.0. The summed E-state index contributed by atoms with van der Waals surface area (Å²) in [6.45, 7) is 0.100. The van der Waals surface area contributed by atoms with Crippen LogP contribution < -0.4 is 14.2 Å². The van der Waals surface area contributed by atoms with Crippen molar-refractivity contribution in [3.63, 3.8) is 0 Å². The average Bonchev–Trinajstić information content (AvgIpc) is 2.73. The van der Waals surface area contributed by atoms with Crippen molar-refractivity contribution in [2.45, 2.75) is 11.4 Å². The van der Waals surface area contributed by atoms with E-state index in [9.17, 15) is 8.42 Å². The summed E-state index contributed by atoms with van der Waals surface area (Å²) in [6.07, 6.45) is 3.08. The summed E-state index contributed by atoms with van der Waals surface area (Å²) in [5, 5.41) is 0. The Kier molecular flexibility index (Phi) is 5.68. The van der Waals surface area contributed by atoms with Crippen molar-refractivity contribution < 1.29 is 17.9 Å². The van der Waals surface area contributed by atoms with Crippen molar-refractivity contribution in [1.29, 1.82) is 0 Å². The number of aromatic nitrogens is 2. The average molecular weight is 385 g/mol. The second kappa shape index (κ2) is 8.15. The lowest BCUT2D eigenvalue weighted by Gasteiger charge is -2.12. The Hall–Kier alpha value is -2.97. The number of hydrogen-bond acceptors (Lipinski definition) is 6. The molecule has 0 saturated heterocycles. The van der Waals surface area contributed by atoms with Gasteiger partial charge >= 0.3 is 0 Å². The zero-order valence-electron chi connectivity index (χ0n) is 14.9. The fourth-order valence-electron chi connectivity index (χ4n) is 2.52. The quantitative estimate of drug-likeness (QED) is 0.672. The highest BCUT2D eigenvalue weighted by atomic mass is 32.2. The molecule has 0 unspecified atom stereocenters. The highest BCUT2D eigenvalue weighted by Crippen LogP contribution is 2.25. The molecule has 7 nitrogen and oxygen atoms in total. The molecule has 0 aliphatic heterocycles. The van der Waals surface area contributed by atoms with E-state index in [2.05, 4.69) is 14.7 Å². The number of sulfonamides is 1. The van der Waals surface area contributed by atoms with Gasteiger partial charge in [-0.05, 0) is 24.3 Å². The third-order valence-corrected chi connectivity index (χ3v) is 5.41. The zero-order chi connectivity index (χ0) is 19.3. The molecule has 1 N–H and O–H groups in total. The maximum Gasteiger partial charge on any atom is 0.240 e. The summed E-state index contributed by atoms with van der Waals surface area (Å²) in [7, 11) is -0.583. The van der Waals surface area contributed by atoms with Gasteiger partial charge in [-0.15, -0.1) is 0 Å². The van der Waals surface area contributed by atoms with E-state index in [4.69, 9.17) is 9.47 Å². The lowest BCUT2D eigenvalue weighted by atomic mass is 10.1. The van der Waals surface area contributed by atoms with E-state index in [0.29, 0.717) is 17.1 Å². The van der Waals surface area contributed by atoms with Crippen LogP contribution in [0.1, 0.15) is 5.56 Å². The largest absolute Gasteiger partial charge is 0.497 e. The van der Waals surface area contributed by atoms with Gasteiger partial charge in [0.1, 0.15) is 17.8 Å². The molecule has 2 aromatic carbocycles. The van der Waals surface area contributed by atoms with Crippen LogP contribution in [-0.2, 0) is 16.6 Å². The van der Waals surface area contributed by atoms with Crippen LogP contribution in [0.4, 0.5) is 0 Å². The van der Waals surface area contributed by atoms with E-state index in [1.54, 1.807) is 61.8 Å². The molecule has 27 heavy (non-hydrogen) atoms. The molecular weight excluding hydrogens is 366 g/mol. The normalized spacial score (nSPS) is 11.2. The lowest BCUT2D eigenvalue weighted by Crippen LogP contribution is -2.23. The molecule has 3 rings (SSSR count). The highest BCUT2D eigenvalue weighted by Gasteiger charge is 2.15. The third-order valence-electron chi connectivity index (χ3n) is 3.99. The molecule has 0 radical (unpaired) electrons. The van der Waals surface area contributed by atoms with Crippen LogP contribution in [0.2, 0.25) is 0 Å². The summed E-state index contributed by atoms with van der Waals surface area (Å²) < 4.78 is 38.2. The number of nitrogens with one attached hydrogen (secondary N) is 1. The Morgan fingerprint density at radius 2 is 1.78 bits per heavy atom. The van der Waals surface area contributed by atoms with Crippen molar-refractivity contribution in [3.05, 3.63) is 66.6 Å². The number of hydrogen-bond donors (Lipinski definition) is 1. The van der Waals surface area contributed by atoms with Crippen LogP contribution in [-0.4, -0.2) is 32.6 Å². The molecule has 0 spiro atoms. The third kappa shape index (κ3) is 4.42. The van der Waals surface area contributed by atoms with E-state index in [-0.39, 0.29) is 11.4 Å². The van der Waals surface area contributed by atoms with Crippen molar-refractivity contribution in [1.82, 2.24) is 14.7 Å². The number of rotatable bonds is 7. The fraction of sp³-hybridized carbons (Fsp3) is 0.158. The predicted molar refractivity (Wildman–Crippen MR) is 101 cm³/mol. The molecule has 0 aliphatic rings. The Labute approximate surface area is 158 Å². The first-order valence-electron chi connectivity index (χ1n) is 8.10. The van der Waals surface area contributed by atoms with Crippen LogP contribution in [0.15, 0.2) is 66.0 Å². The van der Waals surface area contributed by atoms with Gasteiger partial charge in [0.2, 0.25) is 10.0 Å². The van der Waals surface area contributed by atoms with E-state index in [0.717, 1.165) is 11.3 Å². The fourth-order valence-corrected chi connectivity index (χ4v) is 3.53. The molecule has 8 heteroatoms. The van der Waals surface area contributed by atoms with Gasteiger partial charge in [-0.2, -0.15) is 0 Å². The second-order valence-corrected chi connectivity index (χ2v) is 7.39. The Morgan fingerprint density at radius 1 is 1.00 bits per heavy atom. The van der Waals surface area contributed by atoms with Gasteiger partial charge in [-0.25, -0.2) is 23.1 Å². The van der Waals surface area contributed by atoms with Gasteiger partial charge in [-0.3, -0.25) is 0 Å². The molecule has 1 aromatic heterocycles. The summed E-state index contributed by atoms with van der Waals surface area (Å²) >= 11 is 0. The Balaban J connectivity index is 1.75. The molecule has 0 amide bonds. The first kappa shape index (κ1) is 18.8. The Morgan fingerprint density at radius 3 is 2.41 bits per heavy atom. The first-order valence-corrected chi connectivity index (χ1v) is 9.59. The van der Waals surface area contributed by atoms with Gasteiger partial charge in [0, 0.05) is 29.9 Å². The SMILES string of the molecule is COc1ccc(CNS(=O)(=O)c2ccc(-c3ccncn3)cc2)c(OC)c1. The molecular formula is C19H19N3O4S. The lowest BCUT2D eigenvalue weighted by molar-refractivity contribution is 0.390. The minimum Gasteiger partial charge on any atom is -0.497 e. The van der Waals surface area contributed by atoms with Crippen LogP contribution in [0, 0.1) is 0 Å². The van der Waals surface area contributed by atoms with Crippen molar-refractivity contribution >= 4 is 10.0 Å². The van der Waals surface area contributed by atoms with Gasteiger partial charge in [0.25, 0.3) is 0 Å². The number of methoxy groups -OCH3 is 2. The number of nitrogens with zero attached hydrogens (tertiary/aromatic N) is 2. The summed E-state index contributed by atoms with van der Waals surface area (Å²) in [5.41, 5.74) is 2.25. The van der Waals surface area contributed by atoms with Crippen LogP contribution in [0.25, 0.3) is 11.3 Å². The molecule has 1 heterocycles. The summed E-state index contributed by atoms with van der Waals surface area (Å²) in [4.78, 5) is 8.19. The maximum atomic E-state index is 12.6. The van der Waals surface area contributed by atoms with Gasteiger partial charge in [-0.1, -0.05) is 18.2 Å². The molecule has 0 bridgehead atoms. The van der Waals surface area contributed by atoms with E-state index in [1.807, 2.05) is 0 Å². The van der Waals surface area contributed by atoms with Gasteiger partial charge in [0.05, 0.1) is 24.8 Å². The van der Waals surface area contributed by atoms with E-state index in [1.165, 1.54) is 13.4 Å². The smallest absolute Gasteiger partial charge is 0.240 e. The van der Waals surface area contributed by atoms with E-state index < -0.39 is 10.0 Å². The summed E-state index contributed by atoms with van der Waals surface area (Å²) in [5.74, 6) is 1.19. The van der Waals surface area contributed by atoms with Crippen LogP contribution in [0.3, 0.4) is 0 Å². The standard InChI is InChI=1S/C19H19N3O4S/c1-25-16-6-3-15(19(11-16)26-2)12-22-27(23,24)17-7-4-14(5-8-17)18-9-10-20-13-21-18/h3-11,13,22H,12H2,1-2H3.